The summed E-state index contributed by atoms with van der Waals surface area (Å²) in [7, 11) is 0. The minimum absolute atomic E-state index is 0.0174. The van der Waals surface area contributed by atoms with E-state index >= 15 is 0 Å². The zero-order valence-corrected chi connectivity index (χ0v) is 10.5. The third kappa shape index (κ3) is 1.87. The first-order valence-electron chi connectivity index (χ1n) is 5.42. The molecule has 0 radical (unpaired) electrons. The number of halogens is 4. The van der Waals surface area contributed by atoms with E-state index in [2.05, 4.69) is 9.97 Å². The van der Waals surface area contributed by atoms with Crippen LogP contribution in [0.4, 0.5) is 19.1 Å². The molecule has 0 aliphatic carbocycles. The van der Waals surface area contributed by atoms with Crippen molar-refractivity contribution in [1.82, 2.24) is 14.5 Å². The summed E-state index contributed by atoms with van der Waals surface area (Å²) in [6, 6.07) is 3.13. The van der Waals surface area contributed by atoms with E-state index in [1.165, 1.54) is 16.8 Å². The van der Waals surface area contributed by atoms with E-state index in [0.29, 0.717) is 10.5 Å². The predicted molar refractivity (Wildman–Crippen MR) is 68.2 cm³/mol. The summed E-state index contributed by atoms with van der Waals surface area (Å²) >= 11 is 5.78. The summed E-state index contributed by atoms with van der Waals surface area (Å²) in [4.78, 5) is 8.00. The molecule has 0 spiro atoms. The van der Waals surface area contributed by atoms with Crippen molar-refractivity contribution in [3.63, 3.8) is 0 Å². The molecule has 4 nitrogen and oxygen atoms in total. The van der Waals surface area contributed by atoms with Crippen molar-refractivity contribution in [2.45, 2.75) is 0 Å². The second-order valence-corrected chi connectivity index (χ2v) is 4.46. The summed E-state index contributed by atoms with van der Waals surface area (Å²) < 4.78 is 40.8. The highest BCUT2D eigenvalue weighted by molar-refractivity contribution is 6.31. The Kier molecular flexibility index (Phi) is 2.79. The molecule has 0 aliphatic rings. The molecule has 0 atom stereocenters. The van der Waals surface area contributed by atoms with E-state index in [4.69, 9.17) is 17.3 Å². The van der Waals surface area contributed by atoms with Crippen LogP contribution in [0.25, 0.3) is 16.9 Å². The number of fused-ring (bicyclic) bond motifs is 1. The Morgan fingerprint density at radius 1 is 1.10 bits per heavy atom. The predicted octanol–water partition coefficient (Wildman–Crippen LogP) is 3.07. The number of aromatic nitrogens is 3. The van der Waals surface area contributed by atoms with E-state index in [9.17, 15) is 13.2 Å². The average Bonchev–Trinajstić information content (AvgIpc) is 2.70. The minimum atomic E-state index is -1.55. The standard InChI is InChI=1S/C12H6ClF3N4/c13-5-1-9-11(18-4-5)20(12(17)19-9)6-2-7(14)10(16)8(15)3-6/h1-4H,(H2,17,19). The van der Waals surface area contributed by atoms with Crippen molar-refractivity contribution in [3.8, 4) is 5.69 Å². The van der Waals surface area contributed by atoms with Gasteiger partial charge in [-0.3, -0.25) is 4.57 Å². The summed E-state index contributed by atoms with van der Waals surface area (Å²) in [5, 5.41) is 0.346. The van der Waals surface area contributed by atoms with E-state index in [0.717, 1.165) is 12.1 Å². The molecule has 102 valence electrons. The summed E-state index contributed by atoms with van der Waals surface area (Å²) in [6.07, 6.45) is 1.34. The highest BCUT2D eigenvalue weighted by Crippen LogP contribution is 2.25. The Labute approximate surface area is 115 Å². The smallest absolute Gasteiger partial charge is 0.207 e. The first-order chi connectivity index (χ1) is 9.47. The number of nitrogens with zero attached hydrogens (tertiary/aromatic N) is 3. The normalized spacial score (nSPS) is 11.2. The maximum atomic E-state index is 13.3. The fourth-order valence-electron chi connectivity index (χ4n) is 1.88. The van der Waals surface area contributed by atoms with Gasteiger partial charge in [-0.15, -0.1) is 0 Å². The maximum Gasteiger partial charge on any atom is 0.207 e. The first-order valence-corrected chi connectivity index (χ1v) is 5.79. The molecule has 2 aromatic heterocycles. The third-order valence-electron chi connectivity index (χ3n) is 2.72. The molecule has 0 saturated carbocycles. The molecule has 0 saturated heterocycles. The minimum Gasteiger partial charge on any atom is -0.369 e. The van der Waals surface area contributed by atoms with Crippen molar-refractivity contribution in [3.05, 3.63) is 46.9 Å². The number of pyridine rings is 1. The lowest BCUT2D eigenvalue weighted by Crippen LogP contribution is -2.04. The number of hydrogen-bond donors (Lipinski definition) is 1. The topological polar surface area (TPSA) is 56.7 Å². The molecule has 3 rings (SSSR count). The molecular formula is C12H6ClF3N4. The van der Waals surface area contributed by atoms with Crippen molar-refractivity contribution in [2.24, 2.45) is 0 Å². The lowest BCUT2D eigenvalue weighted by Gasteiger charge is -2.07. The number of rotatable bonds is 1. The Morgan fingerprint density at radius 3 is 2.40 bits per heavy atom. The fraction of sp³-hybridized carbons (Fsp3) is 0. The van der Waals surface area contributed by atoms with E-state index in [-0.39, 0.29) is 17.3 Å². The number of imidazole rings is 1. The van der Waals surface area contributed by atoms with Gasteiger partial charge in [0.05, 0.1) is 10.7 Å². The maximum absolute atomic E-state index is 13.3. The van der Waals surface area contributed by atoms with Crippen LogP contribution < -0.4 is 5.73 Å². The van der Waals surface area contributed by atoms with Gasteiger partial charge in [-0.05, 0) is 6.07 Å². The van der Waals surface area contributed by atoms with Crippen LogP contribution >= 0.6 is 11.6 Å². The van der Waals surface area contributed by atoms with Crippen LogP contribution in [0.1, 0.15) is 0 Å². The Bertz CT molecular complexity index is 808. The van der Waals surface area contributed by atoms with E-state index < -0.39 is 17.5 Å². The van der Waals surface area contributed by atoms with Crippen LogP contribution in [0.3, 0.4) is 0 Å². The molecule has 0 amide bonds. The summed E-state index contributed by atoms with van der Waals surface area (Å²) in [6.45, 7) is 0. The van der Waals surface area contributed by atoms with E-state index in [1.807, 2.05) is 0 Å². The molecule has 0 fully saturated rings. The molecule has 2 N–H and O–H groups in total. The van der Waals surface area contributed by atoms with Crippen molar-refractivity contribution in [1.29, 1.82) is 0 Å². The van der Waals surface area contributed by atoms with Crippen LogP contribution in [-0.4, -0.2) is 14.5 Å². The Hall–Kier alpha value is -2.28. The summed E-state index contributed by atoms with van der Waals surface area (Å²) in [5.74, 6) is -4.24. The van der Waals surface area contributed by atoms with Crippen LogP contribution in [0, 0.1) is 17.5 Å². The molecule has 0 unspecified atom stereocenters. The molecule has 2 heterocycles. The highest BCUT2D eigenvalue weighted by atomic mass is 35.5. The van der Waals surface area contributed by atoms with E-state index in [1.54, 1.807) is 0 Å². The summed E-state index contributed by atoms with van der Waals surface area (Å²) in [5.41, 5.74) is 6.31. The van der Waals surface area contributed by atoms with Gasteiger partial charge in [-0.25, -0.2) is 23.1 Å². The van der Waals surface area contributed by atoms with Crippen LogP contribution in [0.15, 0.2) is 24.4 Å². The van der Waals surface area contributed by atoms with Crippen LogP contribution in [-0.2, 0) is 0 Å². The zero-order chi connectivity index (χ0) is 14.4. The lowest BCUT2D eigenvalue weighted by molar-refractivity contribution is 0.446. The number of nitrogen functional groups attached to an aromatic ring is 1. The van der Waals surface area contributed by atoms with Crippen LogP contribution in [0.5, 0.6) is 0 Å². The number of hydrogen-bond acceptors (Lipinski definition) is 3. The third-order valence-corrected chi connectivity index (χ3v) is 2.92. The zero-order valence-electron chi connectivity index (χ0n) is 9.74. The van der Waals surface area contributed by atoms with Crippen molar-refractivity contribution in [2.75, 3.05) is 5.73 Å². The second-order valence-electron chi connectivity index (χ2n) is 4.03. The van der Waals surface area contributed by atoms with Gasteiger partial charge < -0.3 is 5.73 Å². The van der Waals surface area contributed by atoms with Gasteiger partial charge in [0.1, 0.15) is 5.52 Å². The molecule has 20 heavy (non-hydrogen) atoms. The fourth-order valence-corrected chi connectivity index (χ4v) is 2.04. The van der Waals surface area contributed by atoms with Crippen LogP contribution in [0.2, 0.25) is 5.02 Å². The second kappa shape index (κ2) is 4.38. The molecular weight excluding hydrogens is 293 g/mol. The monoisotopic (exact) mass is 298 g/mol. The molecule has 0 bridgehead atoms. The largest absolute Gasteiger partial charge is 0.369 e. The lowest BCUT2D eigenvalue weighted by atomic mass is 10.3. The molecule has 1 aromatic carbocycles. The quantitative estimate of drug-likeness (QED) is 0.702. The van der Waals surface area contributed by atoms with Gasteiger partial charge in [0.2, 0.25) is 5.95 Å². The number of benzene rings is 1. The molecule has 3 aromatic rings. The first kappa shape index (κ1) is 12.7. The van der Waals surface area contributed by atoms with Crippen molar-refractivity contribution < 1.29 is 13.2 Å². The van der Waals surface area contributed by atoms with Gasteiger partial charge in [0.25, 0.3) is 0 Å². The SMILES string of the molecule is Nc1nc2cc(Cl)cnc2n1-c1cc(F)c(F)c(F)c1. The van der Waals surface area contributed by atoms with Gasteiger partial charge in [-0.2, -0.15) is 0 Å². The Balaban J connectivity index is 2.32. The van der Waals surface area contributed by atoms with Gasteiger partial charge in [0.15, 0.2) is 23.1 Å². The molecule has 0 aliphatic heterocycles. The average molecular weight is 299 g/mol. The molecule has 8 heteroatoms. The van der Waals surface area contributed by atoms with Crippen molar-refractivity contribution >= 4 is 28.7 Å². The van der Waals surface area contributed by atoms with Gasteiger partial charge >= 0.3 is 0 Å². The van der Waals surface area contributed by atoms with Gasteiger partial charge in [0, 0.05) is 18.3 Å². The Morgan fingerprint density at radius 2 is 1.75 bits per heavy atom. The number of anilines is 1. The number of nitrogens with two attached hydrogens (primary N) is 1. The van der Waals surface area contributed by atoms with Gasteiger partial charge in [-0.1, -0.05) is 11.6 Å². The highest BCUT2D eigenvalue weighted by Gasteiger charge is 2.16.